The van der Waals surface area contributed by atoms with Crippen molar-refractivity contribution in [2.24, 2.45) is 0 Å². The lowest BCUT2D eigenvalue weighted by atomic mass is 9.86. The molecule has 0 spiro atoms. The maximum atomic E-state index is 14.9. The van der Waals surface area contributed by atoms with E-state index in [1.807, 2.05) is 104 Å². The molecule has 1 unspecified atom stereocenters. The minimum atomic E-state index is -1.39. The number of aliphatic hydroxyl groups excluding tert-OH is 1. The van der Waals surface area contributed by atoms with Gasteiger partial charge in [-0.15, -0.1) is 0 Å². The Hall–Kier alpha value is -6.99. The Morgan fingerprint density at radius 1 is 0.473 bits per heavy atom. The second-order valence-corrected chi connectivity index (χ2v) is 19.9. The number of carbonyl (C=O) groups is 2. The Morgan fingerprint density at radius 2 is 0.824 bits per heavy atom. The van der Waals surface area contributed by atoms with E-state index in [2.05, 4.69) is 0 Å². The monoisotopic (exact) mass is 1020 g/mol. The number of hydrogen-bond acceptors (Lipinski definition) is 8. The molecule has 396 valence electrons. The van der Waals surface area contributed by atoms with E-state index in [1.54, 1.807) is 66.7 Å². The molecule has 13 heteroatoms. The average molecular weight is 1020 g/mol. The molecule has 6 rings (SSSR count). The molecule has 0 heterocycles. The summed E-state index contributed by atoms with van der Waals surface area (Å²) < 4.78 is 43.1. The van der Waals surface area contributed by atoms with Crippen LogP contribution in [0, 0.1) is 190 Å². The fourth-order valence-electron chi connectivity index (χ4n) is 9.17. The van der Waals surface area contributed by atoms with Gasteiger partial charge in [-0.05, 0) is 282 Å². The number of nitrogens with zero attached hydrogens (tertiary/aromatic N) is 2. The molecule has 0 aliphatic carbocycles. The first kappa shape index (κ1) is 61.3. The van der Waals surface area contributed by atoms with Crippen molar-refractivity contribution in [3.8, 4) is 0 Å². The molecule has 3 N–H and O–H groups in total. The summed E-state index contributed by atoms with van der Waals surface area (Å²) in [5, 5.41) is 33.2. The standard InChI is InChI=1S/C20H24FNO3.C20H24FNO.C11H15F.C10H11NO3/c1-9-8-16(19(22(24)25)15(7)10(9)2)20(23)17-13(5)11(3)12(4)14(6)18(17)21;1-9-8-16(19(22)15(7)10(9)2)20(23)17-13(5)11(3)12(4)14(6)18(17)21;1-6-7(2)9(4)11(12)10(5)8(6)3;1-6-4-9(5-12)10(11(13)14)8(3)7(6)2/h8,20,23H,1-7H3;8H,22H2,1-7H3;1-5H3;4-5H,1-3H3. The zero-order valence-electron chi connectivity index (χ0n) is 47.4. The number of carbonyl (C=O) groups excluding carboxylic acids is 2. The van der Waals surface area contributed by atoms with Crippen LogP contribution in [0.5, 0.6) is 0 Å². The number of hydrogen-bond donors (Lipinski definition) is 2. The van der Waals surface area contributed by atoms with Crippen LogP contribution in [0.15, 0.2) is 18.2 Å². The molecular formula is C61H74F3N3O7. The smallest absolute Gasteiger partial charge is 0.283 e. The molecule has 1 atom stereocenters. The third-order valence-corrected chi connectivity index (χ3v) is 16.2. The largest absolute Gasteiger partial charge is 0.398 e. The highest BCUT2D eigenvalue weighted by Crippen LogP contribution is 2.40. The second kappa shape index (κ2) is 23.9. The zero-order chi connectivity index (χ0) is 57.2. The molecule has 0 amide bonds. The lowest BCUT2D eigenvalue weighted by molar-refractivity contribution is -0.386. The van der Waals surface area contributed by atoms with E-state index in [0.717, 1.165) is 83.5 Å². The van der Waals surface area contributed by atoms with Crippen molar-refractivity contribution in [1.82, 2.24) is 0 Å². The summed E-state index contributed by atoms with van der Waals surface area (Å²) >= 11 is 0. The number of nitro benzene ring substituents is 2. The number of nitro groups is 2. The molecule has 0 saturated carbocycles. The number of aryl methyl sites for hydroxylation is 3. The molecule has 0 aromatic heterocycles. The van der Waals surface area contributed by atoms with Crippen LogP contribution in [0.2, 0.25) is 0 Å². The number of aldehydes is 1. The number of halogens is 3. The van der Waals surface area contributed by atoms with Crippen LogP contribution in [0.3, 0.4) is 0 Å². The summed E-state index contributed by atoms with van der Waals surface area (Å²) in [6.07, 6.45) is -0.867. The highest BCUT2D eigenvalue weighted by Gasteiger charge is 2.31. The first-order valence-corrected chi connectivity index (χ1v) is 24.3. The molecule has 6 aromatic carbocycles. The van der Waals surface area contributed by atoms with Crippen molar-refractivity contribution >= 4 is 29.1 Å². The van der Waals surface area contributed by atoms with E-state index in [4.69, 9.17) is 5.73 Å². The SMILES string of the molecule is Cc1c(C)c(C)c(F)c(C)c1C.Cc1cc(C(=O)c2c(C)c(C)c(C)c(C)c2F)c(N)c(C)c1C.Cc1cc(C(O)c2c(C)c(C)c(C)c(C)c2F)c([N+](=O)[O-])c(C)c1C.Cc1cc(C=O)c([N+](=O)[O-])c(C)c1C. The summed E-state index contributed by atoms with van der Waals surface area (Å²) in [6, 6.07) is 4.91. The maximum Gasteiger partial charge on any atom is 0.283 e. The number of ketones is 1. The fraction of sp³-hybridized carbons (Fsp3) is 0.377. The van der Waals surface area contributed by atoms with Crippen LogP contribution in [0.1, 0.15) is 166 Å². The van der Waals surface area contributed by atoms with E-state index in [9.17, 15) is 48.1 Å². The van der Waals surface area contributed by atoms with E-state index in [0.29, 0.717) is 50.9 Å². The Bertz CT molecular complexity index is 3130. The highest BCUT2D eigenvalue weighted by molar-refractivity contribution is 6.14. The lowest BCUT2D eigenvalue weighted by Gasteiger charge is -2.22. The Labute approximate surface area is 435 Å². The van der Waals surface area contributed by atoms with Gasteiger partial charge in [-0.25, -0.2) is 13.2 Å². The molecule has 0 fully saturated rings. The van der Waals surface area contributed by atoms with E-state index >= 15 is 0 Å². The van der Waals surface area contributed by atoms with Crippen LogP contribution < -0.4 is 5.73 Å². The molecule has 0 saturated heterocycles. The van der Waals surface area contributed by atoms with Gasteiger partial charge < -0.3 is 10.8 Å². The molecule has 74 heavy (non-hydrogen) atoms. The first-order valence-electron chi connectivity index (χ1n) is 24.3. The van der Waals surface area contributed by atoms with Crippen LogP contribution in [0.25, 0.3) is 0 Å². The first-order chi connectivity index (χ1) is 34.0. The van der Waals surface area contributed by atoms with Gasteiger partial charge in [-0.3, -0.25) is 29.8 Å². The number of nitrogens with two attached hydrogens (primary N) is 1. The summed E-state index contributed by atoms with van der Waals surface area (Å²) in [5.74, 6) is -1.32. The zero-order valence-corrected chi connectivity index (χ0v) is 47.4. The minimum absolute atomic E-state index is 0.0457. The quantitative estimate of drug-likeness (QED) is 0.0524. The molecule has 0 aliphatic heterocycles. The predicted molar refractivity (Wildman–Crippen MR) is 293 cm³/mol. The summed E-state index contributed by atoms with van der Waals surface area (Å²) in [6.45, 7) is 40.5. The van der Waals surface area contributed by atoms with Crippen molar-refractivity contribution in [2.75, 3.05) is 5.73 Å². The van der Waals surface area contributed by atoms with Gasteiger partial charge in [0.1, 0.15) is 23.6 Å². The average Bonchev–Trinajstić information content (AvgIpc) is 3.35. The van der Waals surface area contributed by atoms with Gasteiger partial charge in [-0.1, -0.05) is 0 Å². The second-order valence-electron chi connectivity index (χ2n) is 19.9. The van der Waals surface area contributed by atoms with Crippen LogP contribution in [0.4, 0.5) is 30.2 Å². The van der Waals surface area contributed by atoms with E-state index in [1.165, 1.54) is 5.56 Å². The number of nitrogen functional groups attached to an aromatic ring is 1. The molecule has 6 aromatic rings. The van der Waals surface area contributed by atoms with Gasteiger partial charge in [0.2, 0.25) is 0 Å². The number of anilines is 1. The minimum Gasteiger partial charge on any atom is -0.398 e. The summed E-state index contributed by atoms with van der Waals surface area (Å²) in [5.41, 5.74) is 25.5. The number of benzene rings is 6. The van der Waals surface area contributed by atoms with Gasteiger partial charge in [0.05, 0.1) is 26.5 Å². The number of rotatable bonds is 7. The van der Waals surface area contributed by atoms with Crippen molar-refractivity contribution in [2.45, 2.75) is 158 Å². The third-order valence-electron chi connectivity index (χ3n) is 16.2. The topological polar surface area (TPSA) is 167 Å². The fourth-order valence-corrected chi connectivity index (χ4v) is 9.17. The molecule has 0 aliphatic rings. The lowest BCUT2D eigenvalue weighted by Crippen LogP contribution is -2.14. The van der Waals surface area contributed by atoms with Gasteiger partial charge in [0, 0.05) is 27.9 Å². The third kappa shape index (κ3) is 11.7. The van der Waals surface area contributed by atoms with Crippen molar-refractivity contribution in [3.05, 3.63) is 206 Å². The number of aliphatic hydroxyl groups is 1. The molecule has 10 nitrogen and oxygen atoms in total. The van der Waals surface area contributed by atoms with E-state index in [-0.39, 0.29) is 45.2 Å². The molecule has 0 radical (unpaired) electrons. The van der Waals surface area contributed by atoms with E-state index < -0.39 is 27.6 Å². The van der Waals surface area contributed by atoms with Crippen molar-refractivity contribution < 1.29 is 37.7 Å². The molecule has 0 bridgehead atoms. The highest BCUT2D eigenvalue weighted by atomic mass is 19.1. The van der Waals surface area contributed by atoms with Crippen LogP contribution in [-0.2, 0) is 0 Å². The van der Waals surface area contributed by atoms with Gasteiger partial charge >= 0.3 is 0 Å². The maximum absolute atomic E-state index is 14.9. The predicted octanol–water partition coefficient (Wildman–Crippen LogP) is 15.5. The van der Waals surface area contributed by atoms with Crippen molar-refractivity contribution in [1.29, 1.82) is 0 Å². The van der Waals surface area contributed by atoms with Gasteiger partial charge in [0.15, 0.2) is 12.1 Å². The summed E-state index contributed by atoms with van der Waals surface area (Å²) in [4.78, 5) is 45.0. The summed E-state index contributed by atoms with van der Waals surface area (Å²) in [7, 11) is 0. The van der Waals surface area contributed by atoms with Crippen molar-refractivity contribution in [3.63, 3.8) is 0 Å². The Morgan fingerprint density at radius 3 is 1.27 bits per heavy atom. The van der Waals surface area contributed by atoms with Gasteiger partial charge in [0.25, 0.3) is 11.4 Å². The van der Waals surface area contributed by atoms with Crippen LogP contribution in [-0.4, -0.2) is 27.0 Å². The normalized spacial score (nSPS) is 11.2. The van der Waals surface area contributed by atoms with Gasteiger partial charge in [-0.2, -0.15) is 0 Å². The Balaban J connectivity index is 0.000000271. The Kier molecular flexibility index (Phi) is 19.8. The van der Waals surface area contributed by atoms with Crippen LogP contribution >= 0.6 is 0 Å². The molecular weight excluding hydrogens is 944 g/mol.